The van der Waals surface area contributed by atoms with E-state index in [2.05, 4.69) is 39.8 Å². The predicted octanol–water partition coefficient (Wildman–Crippen LogP) is 1.75. The first-order valence-electron chi connectivity index (χ1n) is 7.72. The van der Waals surface area contributed by atoms with Crippen molar-refractivity contribution >= 4 is 22.9 Å². The van der Waals surface area contributed by atoms with Crippen LogP contribution in [0.1, 0.15) is 47.5 Å². The van der Waals surface area contributed by atoms with E-state index in [1.165, 1.54) is 6.20 Å². The van der Waals surface area contributed by atoms with Crippen LogP contribution in [0, 0.1) is 5.92 Å². The lowest BCUT2D eigenvalue weighted by molar-refractivity contribution is -0.120. The van der Waals surface area contributed by atoms with Crippen molar-refractivity contribution in [2.24, 2.45) is 5.92 Å². The zero-order valence-electron chi connectivity index (χ0n) is 14.2. The minimum absolute atomic E-state index is 0.147. The molecule has 0 spiro atoms. The summed E-state index contributed by atoms with van der Waals surface area (Å²) in [6.07, 6.45) is 2.71. The Hall–Kier alpha value is -2.38. The van der Waals surface area contributed by atoms with Gasteiger partial charge >= 0.3 is 0 Å². The topological polar surface area (TPSA) is 105 Å². The molecule has 0 aliphatic rings. The molecule has 2 aromatic heterocycles. The molecule has 0 aromatic carbocycles. The quantitative estimate of drug-likeness (QED) is 0.728. The highest BCUT2D eigenvalue weighted by atomic mass is 16.2. The minimum Gasteiger partial charge on any atom is -0.291 e. The molecule has 2 heterocycles. The van der Waals surface area contributed by atoms with Gasteiger partial charge in [-0.1, -0.05) is 13.8 Å². The number of carbonyl (C=O) groups is 1. The predicted molar refractivity (Wildman–Crippen MR) is 89.0 cm³/mol. The highest BCUT2D eigenvalue weighted by Gasteiger charge is 2.19. The molecule has 2 rings (SSSR count). The van der Waals surface area contributed by atoms with Gasteiger partial charge in [-0.15, -0.1) is 0 Å². The lowest BCUT2D eigenvalue weighted by atomic mass is 10.1. The third kappa shape index (κ3) is 4.08. The molecule has 0 bridgehead atoms. The van der Waals surface area contributed by atoms with Crippen LogP contribution >= 0.6 is 0 Å². The zero-order chi connectivity index (χ0) is 17.2. The van der Waals surface area contributed by atoms with Gasteiger partial charge in [-0.05, 0) is 33.1 Å². The fourth-order valence-corrected chi connectivity index (χ4v) is 2.08. The first-order chi connectivity index (χ1) is 10.7. The van der Waals surface area contributed by atoms with E-state index < -0.39 is 0 Å². The molecule has 0 radical (unpaired) electrons. The van der Waals surface area contributed by atoms with E-state index >= 15 is 0 Å². The number of H-pyrrole nitrogens is 1. The first-order valence-corrected chi connectivity index (χ1v) is 7.72. The number of hydrogen-bond acceptors (Lipinski definition) is 5. The highest BCUT2D eigenvalue weighted by molar-refractivity contribution is 5.78. The first kappa shape index (κ1) is 17.0. The maximum Gasteiger partial charge on any atom is 0.263 e. The van der Waals surface area contributed by atoms with Crippen LogP contribution in [0.25, 0.3) is 11.0 Å². The van der Waals surface area contributed by atoms with E-state index in [0.717, 1.165) is 6.42 Å². The minimum atomic E-state index is -0.305. The summed E-state index contributed by atoms with van der Waals surface area (Å²) in [5.41, 5.74) is 5.07. The van der Waals surface area contributed by atoms with Crippen molar-refractivity contribution in [3.05, 3.63) is 16.6 Å². The Kier molecular flexibility index (Phi) is 4.72. The molecule has 23 heavy (non-hydrogen) atoms. The Morgan fingerprint density at radius 2 is 2.09 bits per heavy atom. The molecular formula is C15H24N6O2. The normalized spacial score (nSPS) is 11.9. The molecule has 1 amide bonds. The van der Waals surface area contributed by atoms with Crippen molar-refractivity contribution in [2.75, 3.05) is 5.43 Å². The van der Waals surface area contributed by atoms with E-state index in [-0.39, 0.29) is 23.0 Å². The van der Waals surface area contributed by atoms with Crippen molar-refractivity contribution in [1.29, 1.82) is 0 Å². The van der Waals surface area contributed by atoms with E-state index in [4.69, 9.17) is 0 Å². The largest absolute Gasteiger partial charge is 0.291 e. The summed E-state index contributed by atoms with van der Waals surface area (Å²) >= 11 is 0. The zero-order valence-corrected chi connectivity index (χ0v) is 14.2. The third-order valence-electron chi connectivity index (χ3n) is 3.34. The Labute approximate surface area is 134 Å². The fraction of sp³-hybridized carbons (Fsp3) is 0.600. The van der Waals surface area contributed by atoms with Gasteiger partial charge in [0.05, 0.1) is 11.7 Å². The molecule has 0 aliphatic carbocycles. The van der Waals surface area contributed by atoms with Crippen LogP contribution in [0.2, 0.25) is 0 Å². The number of nitrogens with one attached hydrogen (secondary N) is 3. The van der Waals surface area contributed by atoms with Crippen LogP contribution in [-0.4, -0.2) is 25.7 Å². The molecule has 0 aliphatic heterocycles. The van der Waals surface area contributed by atoms with Crippen LogP contribution in [0.4, 0.5) is 5.95 Å². The number of anilines is 1. The summed E-state index contributed by atoms with van der Waals surface area (Å²) in [7, 11) is 0. The van der Waals surface area contributed by atoms with Crippen LogP contribution in [0.5, 0.6) is 0 Å². The van der Waals surface area contributed by atoms with Crippen LogP contribution in [0.15, 0.2) is 11.0 Å². The van der Waals surface area contributed by atoms with Gasteiger partial charge in [0.2, 0.25) is 11.9 Å². The van der Waals surface area contributed by atoms with Gasteiger partial charge in [-0.25, -0.2) is 4.68 Å². The molecule has 0 saturated carbocycles. The smallest absolute Gasteiger partial charge is 0.263 e. The summed E-state index contributed by atoms with van der Waals surface area (Å²) < 4.78 is 1.68. The molecule has 3 N–H and O–H groups in total. The number of aromatic nitrogens is 4. The lowest BCUT2D eigenvalue weighted by Crippen LogP contribution is -2.31. The monoisotopic (exact) mass is 320 g/mol. The standard InChI is InChI=1S/C15H24N6O2/c1-9(2)6-7-11(22)19-20-14-17-12-10(13(23)18-14)8-16-21(12)15(3,4)5/h8-9H,6-7H2,1-5H3,(H,19,22)(H2,17,18,20,23). The summed E-state index contributed by atoms with van der Waals surface area (Å²) in [5, 5.41) is 4.65. The summed E-state index contributed by atoms with van der Waals surface area (Å²) in [6, 6.07) is 0. The van der Waals surface area contributed by atoms with E-state index in [0.29, 0.717) is 23.4 Å². The molecule has 0 fully saturated rings. The van der Waals surface area contributed by atoms with E-state index in [1.54, 1.807) is 4.68 Å². The fourth-order valence-electron chi connectivity index (χ4n) is 2.08. The average Bonchev–Trinajstić information content (AvgIpc) is 2.87. The maximum atomic E-state index is 12.1. The number of fused-ring (bicyclic) bond motifs is 1. The van der Waals surface area contributed by atoms with Crippen LogP contribution in [-0.2, 0) is 10.3 Å². The van der Waals surface area contributed by atoms with Gasteiger partial charge in [0.25, 0.3) is 5.56 Å². The van der Waals surface area contributed by atoms with Crippen molar-refractivity contribution in [3.8, 4) is 0 Å². The maximum absolute atomic E-state index is 12.1. The van der Waals surface area contributed by atoms with Gasteiger partial charge in [0.15, 0.2) is 5.65 Å². The second-order valence-corrected chi connectivity index (χ2v) is 6.98. The number of rotatable bonds is 5. The van der Waals surface area contributed by atoms with Crippen molar-refractivity contribution in [1.82, 2.24) is 25.2 Å². The summed E-state index contributed by atoms with van der Waals surface area (Å²) in [6.45, 7) is 10.0. The molecule has 8 nitrogen and oxygen atoms in total. The number of hydrogen-bond donors (Lipinski definition) is 3. The second kappa shape index (κ2) is 6.39. The number of nitrogens with zero attached hydrogens (tertiary/aromatic N) is 3. The van der Waals surface area contributed by atoms with Crippen LogP contribution < -0.4 is 16.4 Å². The molecule has 0 saturated heterocycles. The third-order valence-corrected chi connectivity index (χ3v) is 3.34. The Morgan fingerprint density at radius 3 is 2.70 bits per heavy atom. The van der Waals surface area contributed by atoms with Crippen molar-refractivity contribution in [3.63, 3.8) is 0 Å². The van der Waals surface area contributed by atoms with Gasteiger partial charge in [-0.3, -0.25) is 25.4 Å². The van der Waals surface area contributed by atoms with Gasteiger partial charge in [-0.2, -0.15) is 10.1 Å². The van der Waals surface area contributed by atoms with Gasteiger partial charge < -0.3 is 0 Å². The molecule has 0 unspecified atom stereocenters. The van der Waals surface area contributed by atoms with E-state index in [1.807, 2.05) is 20.8 Å². The number of carbonyl (C=O) groups excluding carboxylic acids is 1. The SMILES string of the molecule is CC(C)CCC(=O)NNc1nc2c(cnn2C(C)(C)C)c(=O)[nH]1. The van der Waals surface area contributed by atoms with Gasteiger partial charge in [0.1, 0.15) is 5.39 Å². The number of aromatic amines is 1. The molecular weight excluding hydrogens is 296 g/mol. The number of hydrazine groups is 1. The lowest BCUT2D eigenvalue weighted by Gasteiger charge is -2.19. The Bertz CT molecular complexity index is 753. The molecule has 0 atom stereocenters. The summed E-state index contributed by atoms with van der Waals surface area (Å²) in [4.78, 5) is 30.8. The second-order valence-electron chi connectivity index (χ2n) is 6.98. The van der Waals surface area contributed by atoms with Crippen molar-refractivity contribution in [2.45, 2.75) is 53.0 Å². The molecule has 126 valence electrons. The highest BCUT2D eigenvalue weighted by Crippen LogP contribution is 2.18. The van der Waals surface area contributed by atoms with Gasteiger partial charge in [0, 0.05) is 6.42 Å². The van der Waals surface area contributed by atoms with Crippen LogP contribution in [0.3, 0.4) is 0 Å². The molecule has 2 aromatic rings. The Balaban J connectivity index is 2.19. The number of amides is 1. The Morgan fingerprint density at radius 1 is 1.39 bits per heavy atom. The average molecular weight is 320 g/mol. The van der Waals surface area contributed by atoms with E-state index in [9.17, 15) is 9.59 Å². The summed E-state index contributed by atoms with van der Waals surface area (Å²) in [5.74, 6) is 0.494. The molecule has 8 heteroatoms. The van der Waals surface area contributed by atoms with Crippen molar-refractivity contribution < 1.29 is 4.79 Å².